The van der Waals surface area contributed by atoms with E-state index in [-0.39, 0.29) is 19.3 Å². The van der Waals surface area contributed by atoms with Crippen molar-refractivity contribution in [2.24, 2.45) is 5.16 Å². The van der Waals surface area contributed by atoms with Crippen LogP contribution in [0, 0.1) is 0 Å². The molecule has 3 aromatic rings. The van der Waals surface area contributed by atoms with E-state index in [1.165, 1.54) is 0 Å². The lowest BCUT2D eigenvalue weighted by molar-refractivity contribution is -0.0808. The summed E-state index contributed by atoms with van der Waals surface area (Å²) in [6.45, 7) is 2.63. The molecule has 2 aliphatic heterocycles. The number of benzene rings is 3. The molecule has 5 rings (SSSR count). The summed E-state index contributed by atoms with van der Waals surface area (Å²) in [6, 6.07) is 19.8. The number of carbonyl (C=O) groups excluding carboxylic acids is 1. The van der Waals surface area contributed by atoms with Crippen LogP contribution in [-0.4, -0.2) is 82.4 Å². The average Bonchev–Trinajstić information content (AvgIpc) is 3.12. The number of amides is 1. The maximum Gasteiger partial charge on any atom is 0.407 e. The zero-order valence-electron chi connectivity index (χ0n) is 27.5. The Hall–Kier alpha value is -4.94. The lowest BCUT2D eigenvalue weighted by atomic mass is 9.92. The first-order valence-corrected chi connectivity index (χ1v) is 15.8. The number of nitrogens with zero attached hydrogens (tertiary/aromatic N) is 1. The number of ether oxygens (including phenoxy) is 7. The van der Waals surface area contributed by atoms with Crippen molar-refractivity contribution in [2.75, 3.05) is 41.1 Å². The Labute approximate surface area is 280 Å². The van der Waals surface area contributed by atoms with Gasteiger partial charge >= 0.3 is 6.09 Å². The molecular weight excluding hydrogens is 620 g/mol. The molecule has 1 amide bonds. The number of hydrogen-bond donors (Lipinski definition) is 2. The van der Waals surface area contributed by atoms with E-state index in [0.29, 0.717) is 53.0 Å². The molecule has 0 fully saturated rings. The van der Waals surface area contributed by atoms with Gasteiger partial charge in [0.25, 0.3) is 0 Å². The van der Waals surface area contributed by atoms with Crippen molar-refractivity contribution < 1.29 is 47.9 Å². The molecule has 12 heteroatoms. The molecule has 2 aliphatic rings. The Morgan fingerprint density at radius 3 is 2.40 bits per heavy atom. The smallest absolute Gasteiger partial charge is 0.407 e. The first-order chi connectivity index (χ1) is 23.4. The standard InChI is InChI=1S/C36H42N2O10/c1-5-18-37-36(40)44-22-32-31(46-25-11-9-24(41-2)10-12-25)16-13-26(47-32)17-19-45-38-33-29-21-28(43-4)14-15-30(29)48-35(34(33)39)23-7-6-8-27(20-23)42-3/h6-16,20-21,26,31-32,34-35,39H,5,17-19,22H2,1-4H3,(H,37,40)/t26-,31+,32+,34-,35+/m0/s1. The SMILES string of the molecule is CCCNC(=O)OC[C@H]1O[C@H](CCON=C2c3cc(OC)ccc3O[C@H](c3cccc(OC)c3)[C@H]2O)C=C[C@H]1Oc1ccc(OC)cc1. The minimum Gasteiger partial charge on any atom is -0.497 e. The van der Waals surface area contributed by atoms with E-state index in [0.717, 1.165) is 12.0 Å². The summed E-state index contributed by atoms with van der Waals surface area (Å²) in [5.41, 5.74) is 1.59. The molecule has 3 aromatic carbocycles. The van der Waals surface area contributed by atoms with Crippen molar-refractivity contribution in [2.45, 2.75) is 50.3 Å². The van der Waals surface area contributed by atoms with Crippen LogP contribution in [0.3, 0.4) is 0 Å². The molecule has 0 spiro atoms. The maximum atomic E-state index is 12.2. The van der Waals surface area contributed by atoms with Crippen molar-refractivity contribution in [1.29, 1.82) is 0 Å². The van der Waals surface area contributed by atoms with Gasteiger partial charge in [-0.2, -0.15) is 0 Å². The van der Waals surface area contributed by atoms with E-state index in [9.17, 15) is 9.90 Å². The van der Waals surface area contributed by atoms with Gasteiger partial charge in [-0.3, -0.25) is 0 Å². The Bertz CT molecular complexity index is 1560. The van der Waals surface area contributed by atoms with E-state index in [4.69, 9.17) is 38.0 Å². The fraction of sp³-hybridized carbons (Fsp3) is 0.389. The lowest BCUT2D eigenvalue weighted by Crippen LogP contribution is -2.43. The molecule has 2 heterocycles. The normalized spacial score (nSPS) is 22.2. The Balaban J connectivity index is 1.27. The molecule has 12 nitrogen and oxygen atoms in total. The Morgan fingerprint density at radius 1 is 0.917 bits per heavy atom. The summed E-state index contributed by atoms with van der Waals surface area (Å²) >= 11 is 0. The van der Waals surface area contributed by atoms with Gasteiger partial charge in [0.05, 0.1) is 27.4 Å². The summed E-state index contributed by atoms with van der Waals surface area (Å²) in [6.07, 6.45) is 1.14. The van der Waals surface area contributed by atoms with Gasteiger partial charge in [0.2, 0.25) is 0 Å². The number of aliphatic hydroxyl groups is 1. The van der Waals surface area contributed by atoms with Gasteiger partial charge in [-0.05, 0) is 72.7 Å². The predicted octanol–water partition coefficient (Wildman–Crippen LogP) is 5.23. The van der Waals surface area contributed by atoms with Crippen LogP contribution in [0.1, 0.15) is 37.0 Å². The van der Waals surface area contributed by atoms with Crippen LogP contribution >= 0.6 is 0 Å². The first-order valence-electron chi connectivity index (χ1n) is 15.8. The molecule has 0 bridgehead atoms. The van der Waals surface area contributed by atoms with Crippen molar-refractivity contribution in [3.8, 4) is 28.7 Å². The van der Waals surface area contributed by atoms with Crippen LogP contribution in [0.5, 0.6) is 28.7 Å². The highest BCUT2D eigenvalue weighted by atomic mass is 16.6. The molecule has 0 unspecified atom stereocenters. The molecule has 2 N–H and O–H groups in total. The molecule has 5 atom stereocenters. The molecule has 0 saturated heterocycles. The van der Waals surface area contributed by atoms with Crippen LogP contribution in [0.2, 0.25) is 0 Å². The number of alkyl carbamates (subject to hydrolysis) is 1. The monoisotopic (exact) mass is 662 g/mol. The van der Waals surface area contributed by atoms with Crippen LogP contribution in [0.15, 0.2) is 84.0 Å². The van der Waals surface area contributed by atoms with Crippen LogP contribution in [0.25, 0.3) is 0 Å². The number of hydrogen-bond acceptors (Lipinski definition) is 11. The van der Waals surface area contributed by atoms with E-state index < -0.39 is 30.5 Å². The van der Waals surface area contributed by atoms with Gasteiger partial charge in [-0.1, -0.05) is 30.3 Å². The highest BCUT2D eigenvalue weighted by Crippen LogP contribution is 2.38. The molecule has 0 aliphatic carbocycles. The second-order valence-electron chi connectivity index (χ2n) is 11.1. The zero-order chi connectivity index (χ0) is 33.9. The van der Waals surface area contributed by atoms with Gasteiger partial charge in [0, 0.05) is 18.5 Å². The quantitative estimate of drug-likeness (QED) is 0.134. The fourth-order valence-electron chi connectivity index (χ4n) is 5.26. The summed E-state index contributed by atoms with van der Waals surface area (Å²) in [5.74, 6) is 3.08. The largest absolute Gasteiger partial charge is 0.497 e. The number of methoxy groups -OCH3 is 3. The minimum absolute atomic E-state index is 0.0170. The summed E-state index contributed by atoms with van der Waals surface area (Å²) in [7, 11) is 4.74. The fourth-order valence-corrected chi connectivity index (χ4v) is 5.26. The number of carbonyl (C=O) groups is 1. The Kier molecular flexibility index (Phi) is 12.0. The number of aliphatic hydroxyl groups excluding tert-OH is 1. The van der Waals surface area contributed by atoms with Crippen molar-refractivity contribution in [3.63, 3.8) is 0 Å². The van der Waals surface area contributed by atoms with Crippen LogP contribution in [0.4, 0.5) is 4.79 Å². The minimum atomic E-state index is -1.14. The topological polar surface area (TPSA) is 136 Å². The lowest BCUT2D eigenvalue weighted by Gasteiger charge is -2.32. The van der Waals surface area contributed by atoms with Gasteiger partial charge in [-0.25, -0.2) is 4.79 Å². The molecule has 0 aromatic heterocycles. The van der Waals surface area contributed by atoms with E-state index in [1.54, 1.807) is 63.8 Å². The second-order valence-corrected chi connectivity index (χ2v) is 11.1. The summed E-state index contributed by atoms with van der Waals surface area (Å²) in [4.78, 5) is 18.0. The van der Waals surface area contributed by atoms with Crippen molar-refractivity contribution in [3.05, 3.63) is 90.0 Å². The van der Waals surface area contributed by atoms with Gasteiger partial charge in [0.15, 0.2) is 6.10 Å². The van der Waals surface area contributed by atoms with Gasteiger partial charge in [-0.15, -0.1) is 0 Å². The van der Waals surface area contributed by atoms with Crippen molar-refractivity contribution in [1.82, 2.24) is 5.32 Å². The molecular formula is C36H42N2O10. The highest BCUT2D eigenvalue weighted by Gasteiger charge is 2.37. The average molecular weight is 663 g/mol. The number of nitrogens with one attached hydrogen (secondary N) is 1. The van der Waals surface area contributed by atoms with Crippen LogP contribution < -0.4 is 29.0 Å². The number of oxime groups is 1. The van der Waals surface area contributed by atoms with Crippen LogP contribution in [-0.2, 0) is 14.3 Å². The molecule has 0 saturated carbocycles. The third-order valence-corrected chi connectivity index (χ3v) is 7.82. The predicted molar refractivity (Wildman–Crippen MR) is 177 cm³/mol. The van der Waals surface area contributed by atoms with Crippen molar-refractivity contribution >= 4 is 11.8 Å². The summed E-state index contributed by atoms with van der Waals surface area (Å²) < 4.78 is 40.1. The third kappa shape index (κ3) is 8.69. The first kappa shape index (κ1) is 34.4. The van der Waals surface area contributed by atoms with E-state index in [1.807, 2.05) is 43.3 Å². The molecule has 0 radical (unpaired) electrons. The highest BCUT2D eigenvalue weighted by molar-refractivity contribution is 6.07. The van der Waals surface area contributed by atoms with Gasteiger partial charge in [0.1, 0.15) is 66.0 Å². The van der Waals surface area contributed by atoms with E-state index in [2.05, 4.69) is 10.5 Å². The third-order valence-electron chi connectivity index (χ3n) is 7.82. The Morgan fingerprint density at radius 2 is 1.65 bits per heavy atom. The second kappa shape index (κ2) is 16.8. The molecule has 256 valence electrons. The number of fused-ring (bicyclic) bond motifs is 1. The zero-order valence-corrected chi connectivity index (χ0v) is 27.5. The van der Waals surface area contributed by atoms with Gasteiger partial charge < -0.3 is 48.4 Å². The maximum absolute atomic E-state index is 12.2. The number of rotatable bonds is 14. The molecule has 48 heavy (non-hydrogen) atoms. The summed E-state index contributed by atoms with van der Waals surface area (Å²) in [5, 5.41) is 18.5. The van der Waals surface area contributed by atoms with E-state index >= 15 is 0 Å².